The van der Waals surface area contributed by atoms with Crippen molar-refractivity contribution in [3.8, 4) is 10.8 Å². The van der Waals surface area contributed by atoms with Gasteiger partial charge >= 0.3 is 6.18 Å². The van der Waals surface area contributed by atoms with Crippen LogP contribution in [0.3, 0.4) is 0 Å². The minimum atomic E-state index is -4.41. The van der Waals surface area contributed by atoms with Crippen molar-refractivity contribution in [2.75, 3.05) is 5.32 Å². The number of hydrogen-bond acceptors (Lipinski definition) is 7. The Hall–Kier alpha value is -3.34. The molecule has 0 saturated heterocycles. The molecule has 1 aliphatic rings. The van der Waals surface area contributed by atoms with Gasteiger partial charge in [0.05, 0.1) is 5.56 Å². The highest BCUT2D eigenvalue weighted by atomic mass is 32.1. The average Bonchev–Trinajstić information content (AvgIpc) is 3.49. The average molecular weight is 559 g/mol. The van der Waals surface area contributed by atoms with Gasteiger partial charge in [-0.05, 0) is 49.3 Å². The molecule has 5 rings (SSSR count). The summed E-state index contributed by atoms with van der Waals surface area (Å²) in [6.45, 7) is 10.5. The molecule has 3 heterocycles. The minimum absolute atomic E-state index is 0.0172. The van der Waals surface area contributed by atoms with E-state index in [0.29, 0.717) is 45.6 Å². The van der Waals surface area contributed by atoms with Crippen LogP contribution in [0, 0.1) is 5.92 Å². The van der Waals surface area contributed by atoms with Crippen LogP contribution in [0.15, 0.2) is 30.5 Å². The maximum atomic E-state index is 13.1. The summed E-state index contributed by atoms with van der Waals surface area (Å²) in [5.74, 6) is 1.81. The van der Waals surface area contributed by atoms with Crippen molar-refractivity contribution in [2.45, 2.75) is 78.6 Å². The summed E-state index contributed by atoms with van der Waals surface area (Å²) in [4.78, 5) is 30.9. The monoisotopic (exact) mass is 558 g/mol. The second kappa shape index (κ2) is 11.8. The first kappa shape index (κ1) is 28.7. The summed E-state index contributed by atoms with van der Waals surface area (Å²) in [5.41, 5.74) is 0.882. The number of fused-ring (bicyclic) bond motifs is 1. The number of nitrogens with one attached hydrogen (secondary N) is 1. The van der Waals surface area contributed by atoms with Crippen molar-refractivity contribution < 1.29 is 18.0 Å². The van der Waals surface area contributed by atoms with Crippen LogP contribution in [-0.2, 0) is 12.7 Å². The number of aromatic nitrogens is 5. The van der Waals surface area contributed by atoms with Crippen LogP contribution in [0.1, 0.15) is 86.4 Å². The number of hydrogen-bond donors (Lipinski definition) is 1. The number of thiazole rings is 1. The number of imidazole rings is 1. The van der Waals surface area contributed by atoms with Gasteiger partial charge < -0.3 is 9.88 Å². The van der Waals surface area contributed by atoms with E-state index in [1.807, 2.05) is 24.6 Å². The first-order valence-corrected chi connectivity index (χ1v) is 14.1. The fraction of sp³-hybridized carbons (Fsp3) is 0.464. The second-order valence-electron chi connectivity index (χ2n) is 9.78. The van der Waals surface area contributed by atoms with E-state index in [-0.39, 0.29) is 24.3 Å². The number of carbonyl (C=O) groups excluding carboxylic acids is 1. The summed E-state index contributed by atoms with van der Waals surface area (Å²) in [6, 6.07) is 5.20. The van der Waals surface area contributed by atoms with Crippen molar-refractivity contribution in [2.24, 2.45) is 5.92 Å². The van der Waals surface area contributed by atoms with E-state index < -0.39 is 11.7 Å². The van der Waals surface area contributed by atoms with Crippen molar-refractivity contribution in [3.63, 3.8) is 0 Å². The largest absolute Gasteiger partial charge is 0.416 e. The Bertz CT molecular complexity index is 1420. The van der Waals surface area contributed by atoms with Gasteiger partial charge in [-0.25, -0.2) is 19.9 Å². The molecule has 11 heteroatoms. The number of anilines is 1. The normalized spacial score (nSPS) is 14.6. The Morgan fingerprint density at radius 1 is 1.10 bits per heavy atom. The molecule has 0 bridgehead atoms. The second-order valence-corrected chi connectivity index (χ2v) is 10.8. The SMILES string of the molecule is CC.CC(C)c1cnc(-c2nc3nc(C=O)nc(N[C@H](C)C4CCC4)c3n2Cc2ccc(C(F)(F)F)cc2)s1. The van der Waals surface area contributed by atoms with Crippen LogP contribution in [0.25, 0.3) is 22.0 Å². The first-order valence-electron chi connectivity index (χ1n) is 13.3. The zero-order chi connectivity index (χ0) is 28.3. The van der Waals surface area contributed by atoms with Gasteiger partial charge in [0.1, 0.15) is 5.52 Å². The third-order valence-corrected chi connectivity index (χ3v) is 8.15. The Balaban J connectivity index is 0.00000172. The Labute approximate surface area is 229 Å². The third kappa shape index (κ3) is 6.13. The fourth-order valence-corrected chi connectivity index (χ4v) is 5.35. The fourth-order valence-electron chi connectivity index (χ4n) is 4.44. The number of carbonyl (C=O) groups is 1. The van der Waals surface area contributed by atoms with Gasteiger partial charge in [-0.15, -0.1) is 11.3 Å². The molecule has 1 fully saturated rings. The van der Waals surface area contributed by atoms with Gasteiger partial charge in [0.25, 0.3) is 0 Å². The van der Waals surface area contributed by atoms with E-state index >= 15 is 0 Å². The summed E-state index contributed by atoms with van der Waals surface area (Å²) in [6.07, 6.45) is 1.42. The quantitative estimate of drug-likeness (QED) is 0.224. The Morgan fingerprint density at radius 3 is 2.33 bits per heavy atom. The number of benzene rings is 1. The molecular weight excluding hydrogens is 525 g/mol. The molecule has 1 saturated carbocycles. The molecule has 0 unspecified atom stereocenters. The highest BCUT2D eigenvalue weighted by Crippen LogP contribution is 2.36. The molecule has 7 nitrogen and oxygen atoms in total. The number of aldehydes is 1. The number of nitrogens with zero attached hydrogens (tertiary/aromatic N) is 5. The van der Waals surface area contributed by atoms with Crippen LogP contribution in [0.5, 0.6) is 0 Å². The van der Waals surface area contributed by atoms with Crippen LogP contribution < -0.4 is 5.32 Å². The molecule has 0 aliphatic heterocycles. The Morgan fingerprint density at radius 2 is 1.79 bits per heavy atom. The van der Waals surface area contributed by atoms with Crippen molar-refractivity contribution in [1.82, 2.24) is 24.5 Å². The van der Waals surface area contributed by atoms with E-state index in [2.05, 4.69) is 41.0 Å². The maximum absolute atomic E-state index is 13.1. The molecular formula is C28H33F3N6OS. The number of rotatable bonds is 8. The molecule has 1 aliphatic carbocycles. The molecule has 1 aromatic carbocycles. The van der Waals surface area contributed by atoms with Crippen LogP contribution in [0.4, 0.5) is 19.0 Å². The van der Waals surface area contributed by atoms with Crippen molar-refractivity contribution >= 4 is 34.6 Å². The molecule has 1 atom stereocenters. The van der Waals surface area contributed by atoms with Gasteiger partial charge in [0, 0.05) is 23.7 Å². The minimum Gasteiger partial charge on any atom is -0.365 e. The lowest BCUT2D eigenvalue weighted by Crippen LogP contribution is -2.31. The summed E-state index contributed by atoms with van der Waals surface area (Å²) < 4.78 is 41.3. The molecule has 1 N–H and O–H groups in total. The molecule has 0 radical (unpaired) electrons. The summed E-state index contributed by atoms with van der Waals surface area (Å²) >= 11 is 1.51. The summed E-state index contributed by atoms with van der Waals surface area (Å²) in [7, 11) is 0. The van der Waals surface area contributed by atoms with Crippen LogP contribution in [0.2, 0.25) is 0 Å². The zero-order valence-corrected chi connectivity index (χ0v) is 23.5. The van der Waals surface area contributed by atoms with E-state index in [1.54, 1.807) is 0 Å². The van der Waals surface area contributed by atoms with Gasteiger partial charge in [0.15, 0.2) is 34.4 Å². The summed E-state index contributed by atoms with van der Waals surface area (Å²) in [5, 5.41) is 4.13. The smallest absolute Gasteiger partial charge is 0.365 e. The highest BCUT2D eigenvalue weighted by Gasteiger charge is 2.30. The lowest BCUT2D eigenvalue weighted by Gasteiger charge is -2.32. The lowest BCUT2D eigenvalue weighted by molar-refractivity contribution is -0.137. The van der Waals surface area contributed by atoms with E-state index in [9.17, 15) is 18.0 Å². The zero-order valence-electron chi connectivity index (χ0n) is 22.7. The molecule has 208 valence electrons. The van der Waals surface area contributed by atoms with E-state index in [1.165, 1.54) is 29.9 Å². The topological polar surface area (TPSA) is 85.6 Å². The third-order valence-electron chi connectivity index (χ3n) is 6.85. The van der Waals surface area contributed by atoms with Crippen molar-refractivity contribution in [3.05, 3.63) is 52.3 Å². The Kier molecular flexibility index (Phi) is 8.68. The van der Waals surface area contributed by atoms with Gasteiger partial charge in [0.2, 0.25) is 0 Å². The maximum Gasteiger partial charge on any atom is 0.416 e. The van der Waals surface area contributed by atoms with Gasteiger partial charge in [-0.1, -0.05) is 46.2 Å². The molecule has 3 aromatic heterocycles. The molecule has 4 aromatic rings. The highest BCUT2D eigenvalue weighted by molar-refractivity contribution is 7.15. The van der Waals surface area contributed by atoms with Gasteiger partial charge in [-0.3, -0.25) is 4.79 Å². The van der Waals surface area contributed by atoms with Crippen molar-refractivity contribution in [1.29, 1.82) is 0 Å². The molecule has 0 amide bonds. The van der Waals surface area contributed by atoms with Gasteiger partial charge in [-0.2, -0.15) is 13.2 Å². The lowest BCUT2D eigenvalue weighted by atomic mass is 9.80. The van der Waals surface area contributed by atoms with E-state index in [0.717, 1.165) is 29.9 Å². The number of halogens is 3. The standard InChI is InChI=1S/C26H27F3N6OS.C2H6/c1-14(2)19-11-30-25(37-19)24-34-23-21(35(24)12-16-7-9-18(10-8-16)26(27,28)29)22(32-20(13-36)33-23)31-15(3)17-5-4-6-17;1-2/h7-11,13-15,17H,4-6,12H2,1-3H3,(H,31,32,33);1-2H3/t15-;/m1./s1. The molecule has 39 heavy (non-hydrogen) atoms. The number of alkyl halides is 3. The van der Waals surface area contributed by atoms with Crippen LogP contribution in [-0.4, -0.2) is 36.8 Å². The van der Waals surface area contributed by atoms with Crippen LogP contribution >= 0.6 is 11.3 Å². The van der Waals surface area contributed by atoms with E-state index in [4.69, 9.17) is 4.98 Å². The predicted molar refractivity (Wildman–Crippen MR) is 148 cm³/mol. The molecule has 0 spiro atoms. The first-order chi connectivity index (χ1) is 18.6. The predicted octanol–water partition coefficient (Wildman–Crippen LogP) is 7.58.